The van der Waals surface area contributed by atoms with Gasteiger partial charge in [0, 0.05) is 36.8 Å². The maximum Gasteiger partial charge on any atom is 0.251 e. The SMILES string of the molecule is Cn1ccc(C(=O)NCC2(c3ccc4c(c3)OCO4)CCCCC2)cc1=O. The molecule has 1 aliphatic carbocycles. The van der Waals surface area contributed by atoms with E-state index >= 15 is 0 Å². The van der Waals surface area contributed by atoms with Crippen molar-refractivity contribution in [1.29, 1.82) is 0 Å². The maximum atomic E-state index is 12.6. The minimum Gasteiger partial charge on any atom is -0.454 e. The molecule has 1 amide bonds. The number of hydrogen-bond donors (Lipinski definition) is 1. The van der Waals surface area contributed by atoms with E-state index in [9.17, 15) is 9.59 Å². The molecule has 1 aromatic carbocycles. The first-order valence-corrected chi connectivity index (χ1v) is 9.42. The number of carbonyl (C=O) groups is 1. The van der Waals surface area contributed by atoms with Gasteiger partial charge in [0.2, 0.25) is 6.79 Å². The van der Waals surface area contributed by atoms with E-state index in [1.165, 1.54) is 22.6 Å². The average Bonchev–Trinajstić information content (AvgIpc) is 3.17. The molecule has 27 heavy (non-hydrogen) atoms. The van der Waals surface area contributed by atoms with Gasteiger partial charge in [-0.25, -0.2) is 0 Å². The lowest BCUT2D eigenvalue weighted by molar-refractivity contribution is 0.0936. The molecule has 1 fully saturated rings. The molecule has 0 unspecified atom stereocenters. The van der Waals surface area contributed by atoms with Gasteiger partial charge < -0.3 is 19.4 Å². The fraction of sp³-hybridized carbons (Fsp3) is 0.429. The lowest BCUT2D eigenvalue weighted by atomic mass is 9.69. The van der Waals surface area contributed by atoms with Crippen LogP contribution >= 0.6 is 0 Å². The van der Waals surface area contributed by atoms with Crippen LogP contribution in [0.2, 0.25) is 0 Å². The predicted octanol–water partition coefficient (Wildman–Crippen LogP) is 2.75. The van der Waals surface area contributed by atoms with Crippen LogP contribution in [0.5, 0.6) is 11.5 Å². The van der Waals surface area contributed by atoms with E-state index in [4.69, 9.17) is 9.47 Å². The third kappa shape index (κ3) is 3.44. The van der Waals surface area contributed by atoms with E-state index in [-0.39, 0.29) is 23.7 Å². The Labute approximate surface area is 158 Å². The highest BCUT2D eigenvalue weighted by Crippen LogP contribution is 2.43. The van der Waals surface area contributed by atoms with Gasteiger partial charge in [0.05, 0.1) is 0 Å². The summed E-state index contributed by atoms with van der Waals surface area (Å²) in [6.07, 6.45) is 7.14. The molecular formula is C21H24N2O4. The second-order valence-corrected chi connectivity index (χ2v) is 7.46. The summed E-state index contributed by atoms with van der Waals surface area (Å²) >= 11 is 0. The largest absolute Gasteiger partial charge is 0.454 e. The molecule has 0 bridgehead atoms. The van der Waals surface area contributed by atoms with Crippen molar-refractivity contribution in [3.05, 3.63) is 58.0 Å². The molecule has 142 valence electrons. The number of ether oxygens (including phenoxy) is 2. The zero-order chi connectivity index (χ0) is 18.9. The van der Waals surface area contributed by atoms with Crippen LogP contribution in [0.1, 0.15) is 48.0 Å². The van der Waals surface area contributed by atoms with Crippen LogP contribution in [0.3, 0.4) is 0 Å². The van der Waals surface area contributed by atoms with Crippen molar-refractivity contribution in [2.24, 2.45) is 7.05 Å². The molecule has 1 aliphatic heterocycles. The number of amides is 1. The zero-order valence-electron chi connectivity index (χ0n) is 15.5. The van der Waals surface area contributed by atoms with Crippen molar-refractivity contribution in [1.82, 2.24) is 9.88 Å². The summed E-state index contributed by atoms with van der Waals surface area (Å²) in [6.45, 7) is 0.798. The van der Waals surface area contributed by atoms with Crippen LogP contribution in [0.25, 0.3) is 0 Å². The molecule has 4 rings (SSSR count). The van der Waals surface area contributed by atoms with E-state index in [1.54, 1.807) is 19.3 Å². The van der Waals surface area contributed by atoms with Gasteiger partial charge in [-0.3, -0.25) is 9.59 Å². The normalized spacial score (nSPS) is 17.5. The first-order valence-electron chi connectivity index (χ1n) is 9.42. The summed E-state index contributed by atoms with van der Waals surface area (Å²) in [7, 11) is 1.67. The molecule has 2 heterocycles. The fourth-order valence-corrected chi connectivity index (χ4v) is 4.06. The number of benzene rings is 1. The van der Waals surface area contributed by atoms with Gasteiger partial charge in [-0.15, -0.1) is 0 Å². The van der Waals surface area contributed by atoms with Crippen LogP contribution < -0.4 is 20.3 Å². The quantitative estimate of drug-likeness (QED) is 0.901. The topological polar surface area (TPSA) is 69.6 Å². The number of fused-ring (bicyclic) bond motifs is 1. The first-order chi connectivity index (χ1) is 13.1. The Kier molecular flexibility index (Phi) is 4.64. The number of pyridine rings is 1. The molecule has 2 aliphatic rings. The molecule has 1 saturated carbocycles. The summed E-state index contributed by atoms with van der Waals surface area (Å²) in [5, 5.41) is 3.06. The Morgan fingerprint density at radius 3 is 2.67 bits per heavy atom. The molecule has 2 aromatic rings. The van der Waals surface area contributed by atoms with Gasteiger partial charge in [-0.1, -0.05) is 25.3 Å². The fourth-order valence-electron chi connectivity index (χ4n) is 4.06. The molecule has 0 spiro atoms. The number of carbonyl (C=O) groups excluding carboxylic acids is 1. The van der Waals surface area contributed by atoms with Crippen molar-refractivity contribution >= 4 is 5.91 Å². The Morgan fingerprint density at radius 1 is 1.11 bits per heavy atom. The highest BCUT2D eigenvalue weighted by Gasteiger charge is 2.35. The van der Waals surface area contributed by atoms with Gasteiger partial charge >= 0.3 is 0 Å². The van der Waals surface area contributed by atoms with Crippen LogP contribution in [0, 0.1) is 0 Å². The lowest BCUT2D eigenvalue weighted by Crippen LogP contribution is -2.42. The number of rotatable bonds is 4. The lowest BCUT2D eigenvalue weighted by Gasteiger charge is -2.38. The van der Waals surface area contributed by atoms with Gasteiger partial charge in [0.15, 0.2) is 11.5 Å². The number of hydrogen-bond acceptors (Lipinski definition) is 4. The average molecular weight is 368 g/mol. The molecule has 0 radical (unpaired) electrons. The number of nitrogens with zero attached hydrogens (tertiary/aromatic N) is 1. The summed E-state index contributed by atoms with van der Waals surface area (Å²) in [5.41, 5.74) is 1.27. The highest BCUT2D eigenvalue weighted by atomic mass is 16.7. The maximum absolute atomic E-state index is 12.6. The summed E-state index contributed by atoms with van der Waals surface area (Å²) in [6, 6.07) is 9.15. The third-order valence-electron chi connectivity index (χ3n) is 5.75. The Morgan fingerprint density at radius 2 is 1.89 bits per heavy atom. The molecule has 1 aromatic heterocycles. The number of aromatic nitrogens is 1. The second kappa shape index (κ2) is 7.10. The number of aryl methyl sites for hydroxylation is 1. The van der Waals surface area contributed by atoms with Crippen LogP contribution in [0.4, 0.5) is 0 Å². The standard InChI is InChI=1S/C21H24N2O4/c1-23-10-7-15(11-19(23)24)20(25)22-13-21(8-3-2-4-9-21)16-5-6-17-18(12-16)27-14-26-17/h5-7,10-12H,2-4,8-9,13-14H2,1H3,(H,22,25). The minimum atomic E-state index is -0.210. The van der Waals surface area contributed by atoms with Crippen LogP contribution in [-0.4, -0.2) is 23.8 Å². The van der Waals surface area contributed by atoms with Gasteiger partial charge in [-0.2, -0.15) is 0 Å². The molecule has 6 heteroatoms. The highest BCUT2D eigenvalue weighted by molar-refractivity contribution is 5.94. The van der Waals surface area contributed by atoms with E-state index in [0.717, 1.165) is 37.2 Å². The van der Waals surface area contributed by atoms with E-state index in [1.807, 2.05) is 6.07 Å². The van der Waals surface area contributed by atoms with Crippen molar-refractivity contribution in [2.75, 3.05) is 13.3 Å². The summed E-state index contributed by atoms with van der Waals surface area (Å²) < 4.78 is 12.4. The monoisotopic (exact) mass is 368 g/mol. The van der Waals surface area contributed by atoms with Gasteiger partial charge in [0.1, 0.15) is 0 Å². The van der Waals surface area contributed by atoms with E-state index < -0.39 is 0 Å². The minimum absolute atomic E-state index is 0.116. The van der Waals surface area contributed by atoms with Gasteiger partial charge in [0.25, 0.3) is 11.5 Å². The van der Waals surface area contributed by atoms with Crippen LogP contribution in [0.15, 0.2) is 41.3 Å². The Bertz CT molecular complexity index is 913. The molecule has 0 saturated heterocycles. The van der Waals surface area contributed by atoms with E-state index in [0.29, 0.717) is 12.1 Å². The molecule has 0 atom stereocenters. The Hall–Kier alpha value is -2.76. The first kappa shape index (κ1) is 17.6. The smallest absolute Gasteiger partial charge is 0.251 e. The molecular weight excluding hydrogens is 344 g/mol. The predicted molar refractivity (Wildman–Crippen MR) is 101 cm³/mol. The van der Waals surface area contributed by atoms with Gasteiger partial charge in [-0.05, 0) is 36.6 Å². The summed E-state index contributed by atoms with van der Waals surface area (Å²) in [5.74, 6) is 1.34. The second-order valence-electron chi connectivity index (χ2n) is 7.46. The third-order valence-corrected chi connectivity index (χ3v) is 5.75. The molecule has 6 nitrogen and oxygen atoms in total. The van der Waals surface area contributed by atoms with Crippen LogP contribution in [-0.2, 0) is 12.5 Å². The van der Waals surface area contributed by atoms with Crippen molar-refractivity contribution < 1.29 is 14.3 Å². The summed E-state index contributed by atoms with van der Waals surface area (Å²) in [4.78, 5) is 24.4. The zero-order valence-corrected chi connectivity index (χ0v) is 15.5. The number of nitrogens with one attached hydrogen (secondary N) is 1. The van der Waals surface area contributed by atoms with Crippen molar-refractivity contribution in [2.45, 2.75) is 37.5 Å². The Balaban J connectivity index is 1.56. The van der Waals surface area contributed by atoms with Crippen molar-refractivity contribution in [3.8, 4) is 11.5 Å². The van der Waals surface area contributed by atoms with E-state index in [2.05, 4.69) is 17.4 Å². The molecule has 1 N–H and O–H groups in total. The van der Waals surface area contributed by atoms with Crippen molar-refractivity contribution in [3.63, 3.8) is 0 Å².